The molecule has 0 saturated heterocycles. The van der Waals surface area contributed by atoms with Gasteiger partial charge in [0.1, 0.15) is 3.72 Å². The van der Waals surface area contributed by atoms with Crippen molar-refractivity contribution in [3.8, 4) is 0 Å². The Labute approximate surface area is 81.6 Å². The van der Waals surface area contributed by atoms with Crippen molar-refractivity contribution in [1.29, 1.82) is 0 Å². The van der Waals surface area contributed by atoms with Gasteiger partial charge in [0, 0.05) is 6.20 Å². The highest BCUT2D eigenvalue weighted by Crippen LogP contribution is 2.01. The topological polar surface area (TPSA) is 38.4 Å². The zero-order valence-corrected chi connectivity index (χ0v) is 8.96. The molecule has 0 atom stereocenters. The van der Waals surface area contributed by atoms with Crippen LogP contribution in [0.15, 0.2) is 27.6 Å². The molecule has 4 heteroatoms. The lowest BCUT2D eigenvalue weighted by Crippen LogP contribution is -1.88. The van der Waals surface area contributed by atoms with Crippen molar-refractivity contribution in [3.05, 3.63) is 22.6 Å². The first kappa shape index (κ1) is 9.41. The average molecular weight is 348 g/mol. The predicted molar refractivity (Wildman–Crippen MR) is 57.9 cm³/mol. The Balaban J connectivity index is 4.05. The monoisotopic (exact) mass is 348 g/mol. The van der Waals surface area contributed by atoms with E-state index in [2.05, 4.69) is 34.2 Å². The van der Waals surface area contributed by atoms with E-state index < -0.39 is 0 Å². The van der Waals surface area contributed by atoms with Crippen LogP contribution in [0, 0.1) is 0 Å². The van der Waals surface area contributed by atoms with Gasteiger partial charge in [-0.1, -0.05) is 6.58 Å². The average Bonchev–Trinajstić information content (AvgIpc) is 1.63. The first-order chi connectivity index (χ1) is 4.16. The number of rotatable bonds is 2. The van der Waals surface area contributed by atoms with Crippen LogP contribution in [0.25, 0.3) is 0 Å². The molecule has 0 aliphatic heterocycles. The Morgan fingerprint density at radius 3 is 2.44 bits per heavy atom. The molecule has 0 aliphatic carbocycles. The minimum atomic E-state index is 0.725. The third-order valence-corrected chi connectivity index (χ3v) is 1.37. The summed E-state index contributed by atoms with van der Waals surface area (Å²) in [6, 6.07) is 0. The minimum absolute atomic E-state index is 0.725. The number of nitrogens with two attached hydrogens (primary N) is 1. The van der Waals surface area contributed by atoms with Gasteiger partial charge < -0.3 is 5.73 Å². The first-order valence-corrected chi connectivity index (χ1v) is 4.29. The Morgan fingerprint density at radius 1 is 1.56 bits per heavy atom. The molecule has 0 spiro atoms. The number of nitrogens with zero attached hydrogens (tertiary/aromatic N) is 1. The molecule has 0 fully saturated rings. The predicted octanol–water partition coefficient (Wildman–Crippen LogP) is 2.20. The number of hydrogen-bond donors (Lipinski definition) is 1. The summed E-state index contributed by atoms with van der Waals surface area (Å²) in [5, 5.41) is 0. The maximum atomic E-state index is 5.35. The van der Waals surface area contributed by atoms with E-state index in [0.717, 1.165) is 7.42 Å². The summed E-state index contributed by atoms with van der Waals surface area (Å²) in [7, 11) is 0. The summed E-state index contributed by atoms with van der Waals surface area (Å²) in [5.41, 5.74) is 5.35. The van der Waals surface area contributed by atoms with Gasteiger partial charge in [0.2, 0.25) is 0 Å². The number of hydrogen-bond acceptors (Lipinski definition) is 2. The van der Waals surface area contributed by atoms with Crippen LogP contribution in [0.4, 0.5) is 0 Å². The summed E-state index contributed by atoms with van der Waals surface area (Å²) < 4.78 is 1.57. The van der Waals surface area contributed by atoms with E-state index >= 15 is 0 Å². The Bertz CT molecular complexity index is 156. The minimum Gasteiger partial charge on any atom is -0.394 e. The van der Waals surface area contributed by atoms with Crippen molar-refractivity contribution in [2.24, 2.45) is 10.7 Å². The van der Waals surface area contributed by atoms with Crippen molar-refractivity contribution >= 4 is 48.9 Å². The second-order valence-corrected chi connectivity index (χ2v) is 3.51. The number of aliphatic imine (C=N–C) groups is 1. The molecule has 0 saturated carbocycles. The molecule has 0 heterocycles. The highest BCUT2D eigenvalue weighted by atomic mass is 127. The first-order valence-electron chi connectivity index (χ1n) is 2.13. The third-order valence-electron chi connectivity index (χ3n) is 0.472. The lowest BCUT2D eigenvalue weighted by atomic mass is 10.7. The Kier molecular flexibility index (Phi) is 5.45. The maximum absolute atomic E-state index is 5.35. The zero-order chi connectivity index (χ0) is 7.28. The van der Waals surface area contributed by atoms with Crippen molar-refractivity contribution in [2.75, 3.05) is 0 Å². The van der Waals surface area contributed by atoms with Gasteiger partial charge in [-0.3, -0.25) is 4.99 Å². The molecule has 0 aromatic heterocycles. The van der Waals surface area contributed by atoms with Crippen LogP contribution in [0.5, 0.6) is 0 Å². The van der Waals surface area contributed by atoms with Gasteiger partial charge in [0.25, 0.3) is 0 Å². The van der Waals surface area contributed by atoms with Crippen molar-refractivity contribution in [1.82, 2.24) is 0 Å². The molecule has 0 rings (SSSR count). The standard InChI is InChI=1S/C5H6I2N2/c1-2-9-5(7)3-4(6)8/h2-3H,1,8H2/b4-3-,9-5+. The Hall–Kier alpha value is 0.410. The normalized spacial score (nSPS) is 13.6. The quantitative estimate of drug-likeness (QED) is 0.464. The molecule has 50 valence electrons. The van der Waals surface area contributed by atoms with Crippen LogP contribution >= 0.6 is 45.2 Å². The summed E-state index contributed by atoms with van der Waals surface area (Å²) in [5.74, 6) is 0. The largest absolute Gasteiger partial charge is 0.394 e. The lowest BCUT2D eigenvalue weighted by Gasteiger charge is -1.85. The van der Waals surface area contributed by atoms with Gasteiger partial charge in [-0.2, -0.15) is 0 Å². The van der Waals surface area contributed by atoms with Crippen LogP contribution in [0.2, 0.25) is 0 Å². The summed E-state index contributed by atoms with van der Waals surface area (Å²) >= 11 is 4.09. The van der Waals surface area contributed by atoms with Crippen LogP contribution in [0.1, 0.15) is 0 Å². The van der Waals surface area contributed by atoms with Gasteiger partial charge in [-0.25, -0.2) is 0 Å². The molecule has 2 N–H and O–H groups in total. The molecule has 0 aromatic carbocycles. The van der Waals surface area contributed by atoms with E-state index in [4.69, 9.17) is 5.73 Å². The summed E-state index contributed by atoms with van der Waals surface area (Å²) in [6.45, 7) is 3.44. The van der Waals surface area contributed by atoms with Crippen molar-refractivity contribution in [3.63, 3.8) is 0 Å². The van der Waals surface area contributed by atoms with Crippen molar-refractivity contribution in [2.45, 2.75) is 0 Å². The van der Waals surface area contributed by atoms with Gasteiger partial charge in [0.05, 0.1) is 3.70 Å². The summed E-state index contributed by atoms with van der Waals surface area (Å²) in [6.07, 6.45) is 3.25. The van der Waals surface area contributed by atoms with Crippen molar-refractivity contribution < 1.29 is 0 Å². The van der Waals surface area contributed by atoms with E-state index in [1.807, 2.05) is 22.6 Å². The highest BCUT2D eigenvalue weighted by molar-refractivity contribution is 14.1. The maximum Gasteiger partial charge on any atom is 0.103 e. The molecule has 0 bridgehead atoms. The number of allylic oxidation sites excluding steroid dienone is 1. The second-order valence-electron chi connectivity index (χ2n) is 1.16. The SMILES string of the molecule is C=C/N=C(I)\C=C(/N)I. The fourth-order valence-electron chi connectivity index (χ4n) is 0.238. The fourth-order valence-corrected chi connectivity index (χ4v) is 1.66. The van der Waals surface area contributed by atoms with Crippen LogP contribution in [0.3, 0.4) is 0 Å². The zero-order valence-electron chi connectivity index (χ0n) is 4.64. The van der Waals surface area contributed by atoms with Gasteiger partial charge in [-0.05, 0) is 51.3 Å². The molecule has 0 amide bonds. The van der Waals surface area contributed by atoms with E-state index in [1.54, 1.807) is 6.08 Å². The lowest BCUT2D eigenvalue weighted by molar-refractivity contribution is 1.57. The molecule has 0 aromatic rings. The molecular weight excluding hydrogens is 342 g/mol. The molecule has 2 nitrogen and oxygen atoms in total. The van der Waals surface area contributed by atoms with E-state index in [0.29, 0.717) is 0 Å². The van der Waals surface area contributed by atoms with Gasteiger partial charge in [0.15, 0.2) is 0 Å². The van der Waals surface area contributed by atoms with E-state index in [1.165, 1.54) is 6.20 Å². The van der Waals surface area contributed by atoms with Crippen LogP contribution in [-0.4, -0.2) is 3.72 Å². The third kappa shape index (κ3) is 6.29. The highest BCUT2D eigenvalue weighted by Gasteiger charge is 1.84. The van der Waals surface area contributed by atoms with Crippen LogP contribution < -0.4 is 5.73 Å². The second kappa shape index (κ2) is 5.21. The van der Waals surface area contributed by atoms with Crippen LogP contribution in [-0.2, 0) is 0 Å². The molecule has 0 radical (unpaired) electrons. The molecule has 9 heavy (non-hydrogen) atoms. The Morgan fingerprint density at radius 2 is 2.11 bits per heavy atom. The summed E-state index contributed by atoms with van der Waals surface area (Å²) in [4.78, 5) is 3.87. The van der Waals surface area contributed by atoms with Gasteiger partial charge in [-0.15, -0.1) is 0 Å². The molecule has 0 aliphatic rings. The van der Waals surface area contributed by atoms with Gasteiger partial charge >= 0.3 is 0 Å². The smallest absolute Gasteiger partial charge is 0.103 e. The van der Waals surface area contributed by atoms with E-state index in [-0.39, 0.29) is 0 Å². The fraction of sp³-hybridized carbons (Fsp3) is 0. The van der Waals surface area contributed by atoms with E-state index in [9.17, 15) is 0 Å². The number of halogens is 2. The molecular formula is C5H6I2N2. The molecule has 0 unspecified atom stereocenters.